The van der Waals surface area contributed by atoms with Gasteiger partial charge in [0.1, 0.15) is 5.75 Å². The van der Waals surface area contributed by atoms with Crippen LogP contribution < -0.4 is 10.9 Å². The summed E-state index contributed by atoms with van der Waals surface area (Å²) in [6, 6.07) is 32.2. The van der Waals surface area contributed by atoms with Crippen LogP contribution >= 0.6 is 23.2 Å². The average Bonchev–Trinajstić information content (AvgIpc) is 3.06. The number of aromatic nitrogens is 2. The molecule has 4 aromatic carbocycles. The molecule has 0 atom stereocenters. The number of phenols is 1. The molecule has 0 fully saturated rings. The highest BCUT2D eigenvalue weighted by Crippen LogP contribution is 2.26. The molecule has 7 nitrogen and oxygen atoms in total. The number of anilines is 2. The maximum absolute atomic E-state index is 9.39. The van der Waals surface area contributed by atoms with Gasteiger partial charge in [0.2, 0.25) is 0 Å². The zero-order valence-electron chi connectivity index (χ0n) is 24.9. The number of halogens is 2. The van der Waals surface area contributed by atoms with Crippen LogP contribution in [0.15, 0.2) is 126 Å². The molecule has 0 saturated heterocycles. The number of nitrogens with one attached hydrogen (secondary N) is 2. The second-order valence-electron chi connectivity index (χ2n) is 10.0. The van der Waals surface area contributed by atoms with Gasteiger partial charge in [-0.15, -0.1) is 0 Å². The summed E-state index contributed by atoms with van der Waals surface area (Å²) >= 11 is 12.0. The topological polar surface area (TPSA) is 94.8 Å². The third kappa shape index (κ3) is 8.15. The Hall–Kier alpha value is -4.98. The lowest BCUT2D eigenvalue weighted by Crippen LogP contribution is -2.03. The molecule has 45 heavy (non-hydrogen) atoms. The summed E-state index contributed by atoms with van der Waals surface area (Å²) in [5.74, 6) is 0.245. The van der Waals surface area contributed by atoms with Crippen molar-refractivity contribution in [3.05, 3.63) is 137 Å². The van der Waals surface area contributed by atoms with Crippen molar-refractivity contribution in [2.45, 2.75) is 26.7 Å². The van der Waals surface area contributed by atoms with Gasteiger partial charge in [-0.1, -0.05) is 67.4 Å². The second-order valence-corrected chi connectivity index (χ2v) is 10.9. The maximum Gasteiger partial charge on any atom is 0.115 e. The van der Waals surface area contributed by atoms with Crippen LogP contribution in [0.3, 0.4) is 0 Å². The van der Waals surface area contributed by atoms with Crippen LogP contribution in [-0.4, -0.2) is 26.5 Å². The SMILES string of the molecule is CC/C(=N/Nc1ccnc2cc(Cl)ccc12)c1ccccc1.CC/C(=N\Nc1ccnc2cc(Cl)ccc12)c1ccc(O)cc1. The molecular formula is C36H32Cl2N6O. The van der Waals surface area contributed by atoms with Gasteiger partial charge in [-0.3, -0.25) is 20.8 Å². The number of fused-ring (bicyclic) bond motifs is 2. The van der Waals surface area contributed by atoms with Gasteiger partial charge >= 0.3 is 0 Å². The minimum absolute atomic E-state index is 0.245. The summed E-state index contributed by atoms with van der Waals surface area (Å²) in [5.41, 5.74) is 13.8. The minimum atomic E-state index is 0.245. The molecular weight excluding hydrogens is 603 g/mol. The Labute approximate surface area is 272 Å². The van der Waals surface area contributed by atoms with Crippen molar-refractivity contribution in [3.63, 3.8) is 0 Å². The molecule has 0 unspecified atom stereocenters. The highest BCUT2D eigenvalue weighted by Gasteiger charge is 2.06. The third-order valence-electron chi connectivity index (χ3n) is 7.01. The molecule has 9 heteroatoms. The van der Waals surface area contributed by atoms with Gasteiger partial charge in [0.15, 0.2) is 0 Å². The summed E-state index contributed by atoms with van der Waals surface area (Å²) in [5, 5.41) is 21.8. The molecule has 0 saturated carbocycles. The number of hydrogen-bond donors (Lipinski definition) is 3. The van der Waals surface area contributed by atoms with E-state index >= 15 is 0 Å². The van der Waals surface area contributed by atoms with E-state index in [4.69, 9.17) is 23.2 Å². The van der Waals surface area contributed by atoms with Crippen LogP contribution in [0.2, 0.25) is 10.0 Å². The second kappa shape index (κ2) is 15.1. The van der Waals surface area contributed by atoms with Crippen molar-refractivity contribution in [1.29, 1.82) is 0 Å². The smallest absolute Gasteiger partial charge is 0.115 e. The van der Waals surface area contributed by atoms with Crippen LogP contribution in [0.25, 0.3) is 21.8 Å². The molecule has 3 N–H and O–H groups in total. The van der Waals surface area contributed by atoms with Crippen LogP contribution in [0.5, 0.6) is 5.75 Å². The largest absolute Gasteiger partial charge is 0.508 e. The molecule has 226 valence electrons. The average molecular weight is 636 g/mol. The van der Waals surface area contributed by atoms with Crippen LogP contribution in [-0.2, 0) is 0 Å². The fraction of sp³-hybridized carbons (Fsp3) is 0.111. The zero-order valence-corrected chi connectivity index (χ0v) is 26.4. The predicted molar refractivity (Wildman–Crippen MR) is 189 cm³/mol. The number of hydrogen-bond acceptors (Lipinski definition) is 7. The van der Waals surface area contributed by atoms with E-state index in [9.17, 15) is 5.11 Å². The van der Waals surface area contributed by atoms with E-state index < -0.39 is 0 Å². The molecule has 0 amide bonds. The van der Waals surface area contributed by atoms with E-state index in [0.717, 1.165) is 68.6 Å². The molecule has 6 aromatic rings. The first-order valence-electron chi connectivity index (χ1n) is 14.5. The number of hydrazone groups is 2. The van der Waals surface area contributed by atoms with E-state index in [1.165, 1.54) is 0 Å². The lowest BCUT2D eigenvalue weighted by Gasteiger charge is -2.08. The summed E-state index contributed by atoms with van der Waals surface area (Å²) < 4.78 is 0. The Kier molecular flexibility index (Phi) is 10.6. The summed E-state index contributed by atoms with van der Waals surface area (Å²) in [4.78, 5) is 8.65. The normalized spacial score (nSPS) is 11.6. The molecule has 2 heterocycles. The summed E-state index contributed by atoms with van der Waals surface area (Å²) in [7, 11) is 0. The first kappa shape index (κ1) is 31.4. The number of pyridine rings is 2. The van der Waals surface area contributed by atoms with Gasteiger partial charge in [-0.25, -0.2) is 0 Å². The van der Waals surface area contributed by atoms with E-state index in [2.05, 4.69) is 50.1 Å². The van der Waals surface area contributed by atoms with Gasteiger partial charge < -0.3 is 5.11 Å². The first-order chi connectivity index (χ1) is 21.9. The monoisotopic (exact) mass is 634 g/mol. The Morgan fingerprint density at radius 2 is 1.09 bits per heavy atom. The fourth-order valence-corrected chi connectivity index (χ4v) is 5.01. The Bertz CT molecular complexity index is 1960. The standard InChI is InChI=1S/C18H16ClN3O.C18H16ClN3/c1-2-16(12-3-6-14(23)7-4-12)21-22-17-9-10-20-18-11-13(19)5-8-15(17)18;1-2-16(13-6-4-3-5-7-13)21-22-17-10-11-20-18-12-14(19)8-9-15(17)18/h3-11,23H,2H2,1H3,(H,20,22);3-12H,2H2,1H3,(H,20,22)/b21-16+;21-16-. The van der Waals surface area contributed by atoms with Crippen LogP contribution in [0.1, 0.15) is 37.8 Å². The first-order valence-corrected chi connectivity index (χ1v) is 15.3. The lowest BCUT2D eigenvalue weighted by atomic mass is 10.1. The molecule has 0 aliphatic rings. The van der Waals surface area contributed by atoms with Crippen molar-refractivity contribution in [2.24, 2.45) is 10.2 Å². The van der Waals surface area contributed by atoms with Gasteiger partial charge in [0, 0.05) is 33.2 Å². The van der Waals surface area contributed by atoms with Crippen LogP contribution in [0.4, 0.5) is 11.4 Å². The van der Waals surface area contributed by atoms with Crippen molar-refractivity contribution in [3.8, 4) is 5.75 Å². The minimum Gasteiger partial charge on any atom is -0.508 e. The van der Waals surface area contributed by atoms with E-state index in [1.807, 2.05) is 85.8 Å². The number of rotatable bonds is 8. The molecule has 0 aliphatic heterocycles. The highest BCUT2D eigenvalue weighted by atomic mass is 35.5. The highest BCUT2D eigenvalue weighted by molar-refractivity contribution is 6.31. The maximum atomic E-state index is 9.39. The van der Waals surface area contributed by atoms with Crippen molar-refractivity contribution in [2.75, 3.05) is 10.9 Å². The van der Waals surface area contributed by atoms with E-state index in [1.54, 1.807) is 24.5 Å². The van der Waals surface area contributed by atoms with Gasteiger partial charge in [0.25, 0.3) is 0 Å². The van der Waals surface area contributed by atoms with Gasteiger partial charge in [0.05, 0.1) is 33.8 Å². The summed E-state index contributed by atoms with van der Waals surface area (Å²) in [6.07, 6.45) is 5.10. The molecule has 2 aromatic heterocycles. The zero-order chi connectivity index (χ0) is 31.6. The fourth-order valence-electron chi connectivity index (χ4n) is 4.67. The lowest BCUT2D eigenvalue weighted by molar-refractivity contribution is 0.475. The van der Waals surface area contributed by atoms with Crippen molar-refractivity contribution >= 4 is 67.8 Å². The Morgan fingerprint density at radius 1 is 0.622 bits per heavy atom. The van der Waals surface area contributed by atoms with E-state index in [0.29, 0.717) is 10.0 Å². The van der Waals surface area contributed by atoms with E-state index in [-0.39, 0.29) is 5.75 Å². The van der Waals surface area contributed by atoms with Crippen molar-refractivity contribution < 1.29 is 5.11 Å². The molecule has 0 aliphatic carbocycles. The predicted octanol–water partition coefficient (Wildman–Crippen LogP) is 9.93. The number of aromatic hydroxyl groups is 1. The Morgan fingerprint density at radius 3 is 1.56 bits per heavy atom. The number of phenolic OH excluding ortho intramolecular Hbond substituents is 1. The molecule has 6 rings (SSSR count). The third-order valence-corrected chi connectivity index (χ3v) is 7.48. The number of nitrogens with zero attached hydrogens (tertiary/aromatic N) is 4. The molecule has 0 bridgehead atoms. The van der Waals surface area contributed by atoms with Crippen LogP contribution in [0, 0.1) is 0 Å². The Balaban J connectivity index is 0.000000178. The van der Waals surface area contributed by atoms with Gasteiger partial charge in [-0.05, 0) is 96.8 Å². The summed E-state index contributed by atoms with van der Waals surface area (Å²) in [6.45, 7) is 4.13. The molecule has 0 spiro atoms. The van der Waals surface area contributed by atoms with Gasteiger partial charge in [-0.2, -0.15) is 10.2 Å². The number of benzene rings is 4. The van der Waals surface area contributed by atoms with Crippen molar-refractivity contribution in [1.82, 2.24) is 9.97 Å². The molecule has 0 radical (unpaired) electrons. The quantitative estimate of drug-likeness (QED) is 0.114.